The summed E-state index contributed by atoms with van der Waals surface area (Å²) in [7, 11) is 1.66. The maximum absolute atomic E-state index is 11.2. The van der Waals surface area contributed by atoms with E-state index in [2.05, 4.69) is 9.55 Å². The van der Waals surface area contributed by atoms with E-state index >= 15 is 0 Å². The molecule has 2 heterocycles. The minimum Gasteiger partial charge on any atom is -0.328 e. The molecular weight excluding hydrogens is 248 g/mol. The van der Waals surface area contributed by atoms with Crippen molar-refractivity contribution in [2.75, 3.05) is 0 Å². The molecule has 0 aliphatic carbocycles. The molecule has 1 aliphatic heterocycles. The molecule has 84 valence electrons. The SMILES string of the molecule is O=S(=O)(Cl)c1ccc2nc3n(c2c1)CCC3. The number of aryl methyl sites for hydroxylation is 2. The fourth-order valence-electron chi connectivity index (χ4n) is 2.14. The van der Waals surface area contributed by atoms with Crippen molar-refractivity contribution >= 4 is 30.8 Å². The molecule has 0 unspecified atom stereocenters. The summed E-state index contributed by atoms with van der Waals surface area (Å²) in [4.78, 5) is 4.58. The molecule has 2 aromatic rings. The lowest BCUT2D eigenvalue weighted by Crippen LogP contribution is -1.94. The lowest BCUT2D eigenvalue weighted by atomic mass is 10.3. The third-order valence-corrected chi connectivity index (χ3v) is 4.21. The van der Waals surface area contributed by atoms with E-state index in [0.29, 0.717) is 0 Å². The molecule has 0 saturated heterocycles. The van der Waals surface area contributed by atoms with Crippen LogP contribution in [0.5, 0.6) is 0 Å². The Balaban J connectivity index is 2.32. The summed E-state index contributed by atoms with van der Waals surface area (Å²) < 4.78 is 24.5. The van der Waals surface area contributed by atoms with Crippen LogP contribution < -0.4 is 0 Å². The van der Waals surface area contributed by atoms with E-state index in [-0.39, 0.29) is 4.90 Å². The molecule has 3 rings (SSSR count). The van der Waals surface area contributed by atoms with E-state index < -0.39 is 9.05 Å². The molecule has 0 N–H and O–H groups in total. The lowest BCUT2D eigenvalue weighted by molar-refractivity contribution is 0.609. The number of fused-ring (bicyclic) bond motifs is 3. The maximum atomic E-state index is 11.2. The van der Waals surface area contributed by atoms with Gasteiger partial charge in [-0.3, -0.25) is 0 Å². The standard InChI is InChI=1S/C10H9ClN2O2S/c11-16(14,15)7-3-4-8-9(6-7)13-5-1-2-10(13)12-8/h3-4,6H,1-2,5H2. The summed E-state index contributed by atoms with van der Waals surface area (Å²) in [5.41, 5.74) is 1.69. The summed E-state index contributed by atoms with van der Waals surface area (Å²) in [6, 6.07) is 4.79. The predicted octanol–water partition coefficient (Wildman–Crippen LogP) is 1.91. The summed E-state index contributed by atoms with van der Waals surface area (Å²) in [6.07, 6.45) is 2.02. The van der Waals surface area contributed by atoms with Crippen LogP contribution in [-0.4, -0.2) is 18.0 Å². The van der Waals surface area contributed by atoms with Gasteiger partial charge in [-0.25, -0.2) is 13.4 Å². The fourth-order valence-corrected chi connectivity index (χ4v) is 2.91. The van der Waals surface area contributed by atoms with Gasteiger partial charge in [-0.2, -0.15) is 0 Å². The first-order valence-electron chi connectivity index (χ1n) is 4.99. The van der Waals surface area contributed by atoms with Crippen LogP contribution in [0.4, 0.5) is 0 Å². The smallest absolute Gasteiger partial charge is 0.261 e. The van der Waals surface area contributed by atoms with Crippen molar-refractivity contribution in [1.82, 2.24) is 9.55 Å². The highest BCUT2D eigenvalue weighted by Crippen LogP contribution is 2.26. The van der Waals surface area contributed by atoms with Crippen LogP contribution >= 0.6 is 10.7 Å². The number of aromatic nitrogens is 2. The molecule has 4 nitrogen and oxygen atoms in total. The molecule has 0 bridgehead atoms. The zero-order chi connectivity index (χ0) is 11.3. The van der Waals surface area contributed by atoms with Crippen LogP contribution in [0, 0.1) is 0 Å². The van der Waals surface area contributed by atoms with Crippen molar-refractivity contribution in [3.63, 3.8) is 0 Å². The van der Waals surface area contributed by atoms with Crippen LogP contribution in [0.3, 0.4) is 0 Å². The van der Waals surface area contributed by atoms with Gasteiger partial charge in [0.25, 0.3) is 9.05 Å². The second kappa shape index (κ2) is 3.21. The van der Waals surface area contributed by atoms with E-state index in [0.717, 1.165) is 36.2 Å². The van der Waals surface area contributed by atoms with Crippen molar-refractivity contribution in [2.45, 2.75) is 24.3 Å². The van der Waals surface area contributed by atoms with Gasteiger partial charge in [-0.1, -0.05) is 0 Å². The Morgan fingerprint density at radius 3 is 2.94 bits per heavy atom. The molecule has 0 fully saturated rings. The third-order valence-electron chi connectivity index (χ3n) is 2.86. The number of halogens is 1. The highest BCUT2D eigenvalue weighted by Gasteiger charge is 2.18. The van der Waals surface area contributed by atoms with E-state index in [9.17, 15) is 8.42 Å². The second-order valence-corrected chi connectivity index (χ2v) is 6.44. The minimum absolute atomic E-state index is 0.135. The molecule has 0 atom stereocenters. The minimum atomic E-state index is -3.66. The van der Waals surface area contributed by atoms with Gasteiger partial charge in [0.15, 0.2) is 0 Å². The summed E-state index contributed by atoms with van der Waals surface area (Å²) in [5, 5.41) is 0. The highest BCUT2D eigenvalue weighted by molar-refractivity contribution is 8.13. The number of rotatable bonds is 1. The monoisotopic (exact) mass is 256 g/mol. The van der Waals surface area contributed by atoms with Gasteiger partial charge in [-0.05, 0) is 24.6 Å². The molecule has 6 heteroatoms. The molecule has 16 heavy (non-hydrogen) atoms. The van der Waals surface area contributed by atoms with Crippen LogP contribution in [0.25, 0.3) is 11.0 Å². The van der Waals surface area contributed by atoms with Crippen LogP contribution in [-0.2, 0) is 22.0 Å². The summed E-state index contributed by atoms with van der Waals surface area (Å²) in [6.45, 7) is 0.900. The van der Waals surface area contributed by atoms with Gasteiger partial charge in [0.2, 0.25) is 0 Å². The average Bonchev–Trinajstić information content (AvgIpc) is 2.74. The van der Waals surface area contributed by atoms with Crippen molar-refractivity contribution in [2.24, 2.45) is 0 Å². The Hall–Kier alpha value is -1.07. The van der Waals surface area contributed by atoms with E-state index in [1.807, 2.05) is 0 Å². The van der Waals surface area contributed by atoms with Gasteiger partial charge in [0.1, 0.15) is 5.82 Å². The zero-order valence-electron chi connectivity index (χ0n) is 8.35. The van der Waals surface area contributed by atoms with Gasteiger partial charge < -0.3 is 4.57 Å². The molecule has 1 aliphatic rings. The molecule has 0 amide bonds. The van der Waals surface area contributed by atoms with E-state index in [1.165, 1.54) is 6.07 Å². The molecule has 1 aromatic heterocycles. The Labute approximate surface area is 97.3 Å². The van der Waals surface area contributed by atoms with Gasteiger partial charge in [-0.15, -0.1) is 0 Å². The second-order valence-electron chi connectivity index (χ2n) is 3.87. The molecule has 0 spiro atoms. The van der Waals surface area contributed by atoms with Crippen molar-refractivity contribution in [1.29, 1.82) is 0 Å². The van der Waals surface area contributed by atoms with Gasteiger partial charge in [0, 0.05) is 23.6 Å². The zero-order valence-corrected chi connectivity index (χ0v) is 9.92. The molecular formula is C10H9ClN2O2S. The largest absolute Gasteiger partial charge is 0.328 e. The number of benzene rings is 1. The number of hydrogen-bond acceptors (Lipinski definition) is 3. The van der Waals surface area contributed by atoms with Crippen molar-refractivity contribution in [3.05, 3.63) is 24.0 Å². The Kier molecular flexibility index (Phi) is 2.03. The van der Waals surface area contributed by atoms with Crippen LogP contribution in [0.15, 0.2) is 23.1 Å². The average molecular weight is 257 g/mol. The number of imidazole rings is 1. The highest BCUT2D eigenvalue weighted by atomic mass is 35.7. The number of nitrogens with zero attached hydrogens (tertiary/aromatic N) is 2. The lowest BCUT2D eigenvalue weighted by Gasteiger charge is -2.00. The quantitative estimate of drug-likeness (QED) is 0.733. The molecule has 0 radical (unpaired) electrons. The van der Waals surface area contributed by atoms with Crippen LogP contribution in [0.2, 0.25) is 0 Å². The van der Waals surface area contributed by atoms with E-state index in [4.69, 9.17) is 10.7 Å². The summed E-state index contributed by atoms with van der Waals surface area (Å²) in [5.74, 6) is 1.03. The Morgan fingerprint density at radius 2 is 2.19 bits per heavy atom. The predicted molar refractivity (Wildman–Crippen MR) is 61.1 cm³/mol. The first kappa shape index (κ1) is 10.1. The Bertz CT molecular complexity index is 675. The van der Waals surface area contributed by atoms with Gasteiger partial charge in [0.05, 0.1) is 15.9 Å². The molecule has 0 saturated carbocycles. The number of hydrogen-bond donors (Lipinski definition) is 0. The molecule has 1 aromatic carbocycles. The normalized spacial score (nSPS) is 15.6. The fraction of sp³-hybridized carbons (Fsp3) is 0.300. The third kappa shape index (κ3) is 1.43. The van der Waals surface area contributed by atoms with Crippen molar-refractivity contribution < 1.29 is 8.42 Å². The van der Waals surface area contributed by atoms with Gasteiger partial charge >= 0.3 is 0 Å². The van der Waals surface area contributed by atoms with Crippen molar-refractivity contribution in [3.8, 4) is 0 Å². The summed E-state index contributed by atoms with van der Waals surface area (Å²) >= 11 is 0. The van der Waals surface area contributed by atoms with Crippen LogP contribution in [0.1, 0.15) is 12.2 Å². The first-order chi connectivity index (χ1) is 7.55. The first-order valence-corrected chi connectivity index (χ1v) is 7.30. The van der Waals surface area contributed by atoms with E-state index in [1.54, 1.807) is 12.1 Å². The topological polar surface area (TPSA) is 52.0 Å². The Morgan fingerprint density at radius 1 is 1.38 bits per heavy atom. The maximum Gasteiger partial charge on any atom is 0.261 e.